The number of hydrogen-bond acceptors (Lipinski definition) is 0. The fourth-order valence-corrected chi connectivity index (χ4v) is 2.19. The number of aryl methyl sites for hydroxylation is 3. The van der Waals surface area contributed by atoms with Crippen LogP contribution in [0.1, 0.15) is 27.8 Å². The van der Waals surface area contributed by atoms with Gasteiger partial charge in [-0.25, -0.2) is 0 Å². The summed E-state index contributed by atoms with van der Waals surface area (Å²) in [6, 6.07) is 15.4. The van der Waals surface area contributed by atoms with Crippen molar-refractivity contribution in [3.63, 3.8) is 0 Å². The number of hydrogen-bond donors (Lipinski definition) is 0. The topological polar surface area (TPSA) is 0 Å². The molecule has 17 heavy (non-hydrogen) atoms. The van der Waals surface area contributed by atoms with Gasteiger partial charge in [0, 0.05) is 0 Å². The predicted molar refractivity (Wildman–Crippen MR) is 74.0 cm³/mol. The molecule has 0 aromatic heterocycles. The van der Waals surface area contributed by atoms with E-state index in [1.807, 2.05) is 0 Å². The second kappa shape index (κ2) is 4.21. The molecule has 0 saturated carbocycles. The van der Waals surface area contributed by atoms with E-state index in [0.717, 1.165) is 0 Å². The van der Waals surface area contributed by atoms with Crippen LogP contribution in [0.15, 0.2) is 42.5 Å². The standard InChI is InChI=1S/C17H16/c1-13-2-4-14(5-3-13)6-7-15-8-9-16-10-11-17(16)12-15/h2-9,12H,10-11H2,1H3/b7-6+. The van der Waals surface area contributed by atoms with Gasteiger partial charge in [-0.05, 0) is 42.0 Å². The van der Waals surface area contributed by atoms with Crippen molar-refractivity contribution in [1.29, 1.82) is 0 Å². The van der Waals surface area contributed by atoms with Crippen molar-refractivity contribution in [3.05, 3.63) is 70.3 Å². The summed E-state index contributed by atoms with van der Waals surface area (Å²) in [6.07, 6.45) is 6.89. The third-order valence-electron chi connectivity index (χ3n) is 3.44. The van der Waals surface area contributed by atoms with E-state index in [1.165, 1.54) is 40.7 Å². The number of benzene rings is 2. The molecule has 1 aliphatic carbocycles. The highest BCUT2D eigenvalue weighted by Crippen LogP contribution is 2.24. The lowest BCUT2D eigenvalue weighted by atomic mass is 9.87. The zero-order valence-corrected chi connectivity index (χ0v) is 10.1. The molecular weight excluding hydrogens is 204 g/mol. The minimum atomic E-state index is 1.25. The Morgan fingerprint density at radius 2 is 1.41 bits per heavy atom. The maximum Gasteiger partial charge on any atom is -0.0235 e. The first-order chi connectivity index (χ1) is 8.31. The van der Waals surface area contributed by atoms with Crippen molar-refractivity contribution in [1.82, 2.24) is 0 Å². The summed E-state index contributed by atoms with van der Waals surface area (Å²) in [5.74, 6) is 0. The molecule has 0 aliphatic heterocycles. The third kappa shape index (κ3) is 2.16. The lowest BCUT2D eigenvalue weighted by molar-refractivity contribution is 0.839. The Kier molecular flexibility index (Phi) is 2.56. The van der Waals surface area contributed by atoms with E-state index in [4.69, 9.17) is 0 Å². The summed E-state index contributed by atoms with van der Waals surface area (Å²) in [6.45, 7) is 2.12. The third-order valence-corrected chi connectivity index (χ3v) is 3.44. The minimum Gasteiger partial charge on any atom is -0.0587 e. The van der Waals surface area contributed by atoms with Gasteiger partial charge in [0.1, 0.15) is 0 Å². The Balaban J connectivity index is 1.81. The minimum absolute atomic E-state index is 1.25. The van der Waals surface area contributed by atoms with Crippen LogP contribution in [-0.2, 0) is 12.8 Å². The van der Waals surface area contributed by atoms with Gasteiger partial charge in [0.2, 0.25) is 0 Å². The monoisotopic (exact) mass is 220 g/mol. The highest BCUT2D eigenvalue weighted by molar-refractivity contribution is 5.70. The highest BCUT2D eigenvalue weighted by atomic mass is 14.2. The zero-order valence-electron chi connectivity index (χ0n) is 10.1. The van der Waals surface area contributed by atoms with Crippen molar-refractivity contribution in [3.8, 4) is 0 Å². The van der Waals surface area contributed by atoms with Gasteiger partial charge in [-0.15, -0.1) is 0 Å². The Hall–Kier alpha value is -1.82. The number of fused-ring (bicyclic) bond motifs is 1. The molecule has 0 bridgehead atoms. The quantitative estimate of drug-likeness (QED) is 0.663. The Bertz CT molecular complexity index is 559. The molecule has 0 nitrogen and oxygen atoms in total. The van der Waals surface area contributed by atoms with E-state index >= 15 is 0 Å². The summed E-state index contributed by atoms with van der Waals surface area (Å²) in [5, 5.41) is 0. The highest BCUT2D eigenvalue weighted by Gasteiger charge is 2.11. The van der Waals surface area contributed by atoms with E-state index in [1.54, 1.807) is 0 Å². The lowest BCUT2D eigenvalue weighted by Crippen LogP contribution is -2.07. The molecule has 0 heterocycles. The normalized spacial score (nSPS) is 13.5. The van der Waals surface area contributed by atoms with E-state index in [2.05, 4.69) is 61.5 Å². The van der Waals surface area contributed by atoms with Crippen molar-refractivity contribution < 1.29 is 0 Å². The van der Waals surface area contributed by atoms with Crippen molar-refractivity contribution >= 4 is 12.2 Å². The molecule has 2 aromatic rings. The molecule has 0 fully saturated rings. The Labute approximate surface area is 103 Å². The van der Waals surface area contributed by atoms with E-state index in [0.29, 0.717) is 0 Å². The van der Waals surface area contributed by atoms with Crippen LogP contribution in [0.4, 0.5) is 0 Å². The first kappa shape index (κ1) is 10.3. The van der Waals surface area contributed by atoms with Crippen LogP contribution in [0, 0.1) is 6.92 Å². The molecule has 0 saturated heterocycles. The predicted octanol–water partition coefficient (Wildman–Crippen LogP) is 4.26. The van der Waals surface area contributed by atoms with Crippen LogP contribution in [0.5, 0.6) is 0 Å². The maximum absolute atomic E-state index is 2.31. The molecule has 0 heteroatoms. The summed E-state index contributed by atoms with van der Waals surface area (Å²) >= 11 is 0. The van der Waals surface area contributed by atoms with Crippen molar-refractivity contribution in [2.75, 3.05) is 0 Å². The molecule has 0 N–H and O–H groups in total. The van der Waals surface area contributed by atoms with E-state index < -0.39 is 0 Å². The molecular formula is C17H16. The molecule has 84 valence electrons. The molecule has 0 atom stereocenters. The van der Waals surface area contributed by atoms with Gasteiger partial charge in [-0.2, -0.15) is 0 Å². The van der Waals surface area contributed by atoms with Gasteiger partial charge >= 0.3 is 0 Å². The lowest BCUT2D eigenvalue weighted by Gasteiger charge is -2.18. The van der Waals surface area contributed by atoms with Crippen LogP contribution < -0.4 is 0 Å². The Morgan fingerprint density at radius 3 is 2.06 bits per heavy atom. The summed E-state index contributed by atoms with van der Waals surface area (Å²) in [7, 11) is 0. The van der Waals surface area contributed by atoms with Crippen LogP contribution >= 0.6 is 0 Å². The molecule has 3 rings (SSSR count). The zero-order chi connectivity index (χ0) is 11.7. The molecule has 0 amide bonds. The first-order valence-electron chi connectivity index (χ1n) is 6.18. The molecule has 0 spiro atoms. The average Bonchev–Trinajstić information content (AvgIpc) is 2.31. The van der Waals surface area contributed by atoms with Crippen LogP contribution in [0.25, 0.3) is 12.2 Å². The van der Waals surface area contributed by atoms with Crippen LogP contribution in [-0.4, -0.2) is 0 Å². The van der Waals surface area contributed by atoms with E-state index in [-0.39, 0.29) is 0 Å². The fraction of sp³-hybridized carbons (Fsp3) is 0.176. The van der Waals surface area contributed by atoms with Gasteiger partial charge in [-0.3, -0.25) is 0 Å². The van der Waals surface area contributed by atoms with Gasteiger partial charge in [-0.1, -0.05) is 60.2 Å². The molecule has 0 unspecified atom stereocenters. The van der Waals surface area contributed by atoms with Gasteiger partial charge in [0.05, 0.1) is 0 Å². The van der Waals surface area contributed by atoms with Crippen molar-refractivity contribution in [2.24, 2.45) is 0 Å². The maximum atomic E-state index is 2.31. The van der Waals surface area contributed by atoms with E-state index in [9.17, 15) is 0 Å². The summed E-state index contributed by atoms with van der Waals surface area (Å²) in [4.78, 5) is 0. The van der Waals surface area contributed by atoms with Crippen LogP contribution in [0.2, 0.25) is 0 Å². The first-order valence-corrected chi connectivity index (χ1v) is 6.18. The second-order valence-electron chi connectivity index (χ2n) is 4.77. The second-order valence-corrected chi connectivity index (χ2v) is 4.77. The molecule has 2 aromatic carbocycles. The largest absolute Gasteiger partial charge is 0.0587 e. The Morgan fingerprint density at radius 1 is 0.765 bits per heavy atom. The SMILES string of the molecule is Cc1ccc(/C=C/c2ccc3c(c2)CC3)cc1. The van der Waals surface area contributed by atoms with Gasteiger partial charge in [0.15, 0.2) is 0 Å². The van der Waals surface area contributed by atoms with Crippen molar-refractivity contribution in [2.45, 2.75) is 19.8 Å². The average molecular weight is 220 g/mol. The molecule has 0 radical (unpaired) electrons. The summed E-state index contributed by atoms with van der Waals surface area (Å²) < 4.78 is 0. The van der Waals surface area contributed by atoms with Crippen LogP contribution in [0.3, 0.4) is 0 Å². The van der Waals surface area contributed by atoms with Gasteiger partial charge in [0.25, 0.3) is 0 Å². The number of rotatable bonds is 2. The smallest absolute Gasteiger partial charge is 0.0235 e. The summed E-state index contributed by atoms with van der Waals surface area (Å²) in [5.41, 5.74) is 6.93. The fourth-order valence-electron chi connectivity index (χ4n) is 2.19. The van der Waals surface area contributed by atoms with Gasteiger partial charge < -0.3 is 0 Å². The molecule has 1 aliphatic rings.